The standard InChI is InChI=1S/C10H10ClNO/c1-6(2)8-5-12-4-7-3-9(11)13-10(7)8/h3-6H,1-2H3. The van der Waals surface area contributed by atoms with E-state index in [9.17, 15) is 0 Å². The predicted molar refractivity (Wildman–Crippen MR) is 53.1 cm³/mol. The maximum absolute atomic E-state index is 5.77. The van der Waals surface area contributed by atoms with Crippen molar-refractivity contribution in [1.82, 2.24) is 4.98 Å². The Bertz CT molecular complexity index is 433. The van der Waals surface area contributed by atoms with Crippen LogP contribution < -0.4 is 0 Å². The number of pyridine rings is 1. The minimum atomic E-state index is 0.401. The smallest absolute Gasteiger partial charge is 0.194 e. The Hall–Kier alpha value is -1.02. The number of halogens is 1. The lowest BCUT2D eigenvalue weighted by atomic mass is 10.0. The van der Waals surface area contributed by atoms with E-state index in [1.165, 1.54) is 0 Å². The van der Waals surface area contributed by atoms with Crippen LogP contribution in [0.1, 0.15) is 25.3 Å². The highest BCUT2D eigenvalue weighted by Gasteiger charge is 2.09. The molecule has 2 heterocycles. The molecule has 0 bridgehead atoms. The van der Waals surface area contributed by atoms with Gasteiger partial charge in [-0.2, -0.15) is 0 Å². The molecule has 0 aliphatic carbocycles. The van der Waals surface area contributed by atoms with E-state index < -0.39 is 0 Å². The van der Waals surface area contributed by atoms with E-state index in [-0.39, 0.29) is 0 Å². The van der Waals surface area contributed by atoms with Gasteiger partial charge in [-0.3, -0.25) is 4.98 Å². The number of hydrogen-bond acceptors (Lipinski definition) is 2. The van der Waals surface area contributed by atoms with Crippen LogP contribution in [0.5, 0.6) is 0 Å². The van der Waals surface area contributed by atoms with Gasteiger partial charge < -0.3 is 4.42 Å². The van der Waals surface area contributed by atoms with Crippen molar-refractivity contribution < 1.29 is 4.42 Å². The van der Waals surface area contributed by atoms with Crippen molar-refractivity contribution in [2.45, 2.75) is 19.8 Å². The molecule has 0 saturated heterocycles. The predicted octanol–water partition coefficient (Wildman–Crippen LogP) is 3.60. The number of hydrogen-bond donors (Lipinski definition) is 0. The second-order valence-electron chi connectivity index (χ2n) is 3.35. The van der Waals surface area contributed by atoms with Gasteiger partial charge in [0.2, 0.25) is 0 Å². The molecule has 0 spiro atoms. The monoisotopic (exact) mass is 195 g/mol. The summed E-state index contributed by atoms with van der Waals surface area (Å²) >= 11 is 5.77. The Balaban J connectivity index is 2.75. The molecular weight excluding hydrogens is 186 g/mol. The van der Waals surface area contributed by atoms with E-state index in [1.807, 2.05) is 6.20 Å². The molecule has 2 nitrogen and oxygen atoms in total. The van der Waals surface area contributed by atoms with Crippen molar-refractivity contribution in [3.05, 3.63) is 29.2 Å². The Morgan fingerprint density at radius 3 is 2.85 bits per heavy atom. The third-order valence-corrected chi connectivity index (χ3v) is 2.23. The molecule has 0 amide bonds. The topological polar surface area (TPSA) is 26.0 Å². The molecule has 3 heteroatoms. The quantitative estimate of drug-likeness (QED) is 0.695. The van der Waals surface area contributed by atoms with Gasteiger partial charge in [0.05, 0.1) is 0 Å². The zero-order valence-electron chi connectivity index (χ0n) is 7.54. The van der Waals surface area contributed by atoms with E-state index in [0.717, 1.165) is 16.5 Å². The summed E-state index contributed by atoms with van der Waals surface area (Å²) < 4.78 is 5.39. The summed E-state index contributed by atoms with van der Waals surface area (Å²) in [7, 11) is 0. The first-order chi connectivity index (χ1) is 6.18. The lowest BCUT2D eigenvalue weighted by molar-refractivity contribution is 0.608. The highest BCUT2D eigenvalue weighted by Crippen LogP contribution is 2.28. The van der Waals surface area contributed by atoms with Gasteiger partial charge in [-0.25, -0.2) is 0 Å². The molecule has 0 fully saturated rings. The van der Waals surface area contributed by atoms with E-state index >= 15 is 0 Å². The van der Waals surface area contributed by atoms with Crippen LogP contribution in [-0.2, 0) is 0 Å². The van der Waals surface area contributed by atoms with Crippen LogP contribution >= 0.6 is 11.6 Å². The highest BCUT2D eigenvalue weighted by molar-refractivity contribution is 6.29. The van der Waals surface area contributed by atoms with Crippen molar-refractivity contribution in [2.75, 3.05) is 0 Å². The van der Waals surface area contributed by atoms with Crippen molar-refractivity contribution in [2.24, 2.45) is 0 Å². The maximum atomic E-state index is 5.77. The summed E-state index contributed by atoms with van der Waals surface area (Å²) in [6, 6.07) is 1.79. The lowest BCUT2D eigenvalue weighted by Crippen LogP contribution is -1.88. The number of aromatic nitrogens is 1. The Morgan fingerprint density at radius 2 is 2.15 bits per heavy atom. The Morgan fingerprint density at radius 1 is 1.38 bits per heavy atom. The molecule has 2 aromatic heterocycles. The molecule has 0 saturated carbocycles. The van der Waals surface area contributed by atoms with E-state index in [1.54, 1.807) is 12.3 Å². The van der Waals surface area contributed by atoms with Gasteiger partial charge in [0.1, 0.15) is 5.58 Å². The van der Waals surface area contributed by atoms with Gasteiger partial charge in [-0.1, -0.05) is 13.8 Å². The SMILES string of the molecule is CC(C)c1cncc2cc(Cl)oc12. The second-order valence-corrected chi connectivity index (χ2v) is 3.72. The zero-order valence-corrected chi connectivity index (χ0v) is 8.30. The zero-order chi connectivity index (χ0) is 9.42. The summed E-state index contributed by atoms with van der Waals surface area (Å²) in [6.45, 7) is 4.21. The van der Waals surface area contributed by atoms with Crippen molar-refractivity contribution in [1.29, 1.82) is 0 Å². The fraction of sp³-hybridized carbons (Fsp3) is 0.300. The van der Waals surface area contributed by atoms with Crippen molar-refractivity contribution in [3.8, 4) is 0 Å². The number of furan rings is 1. The van der Waals surface area contributed by atoms with Crippen LogP contribution in [0.15, 0.2) is 22.9 Å². The molecule has 0 atom stereocenters. The number of fused-ring (bicyclic) bond motifs is 1. The van der Waals surface area contributed by atoms with E-state index in [4.69, 9.17) is 16.0 Å². The summed E-state index contributed by atoms with van der Waals surface area (Å²) in [6.07, 6.45) is 3.59. The van der Waals surface area contributed by atoms with Crippen LogP contribution in [0.4, 0.5) is 0 Å². The highest BCUT2D eigenvalue weighted by atomic mass is 35.5. The van der Waals surface area contributed by atoms with Gasteiger partial charge >= 0.3 is 0 Å². The van der Waals surface area contributed by atoms with E-state index in [0.29, 0.717) is 11.1 Å². The Labute approximate surface area is 81.5 Å². The number of nitrogens with zero attached hydrogens (tertiary/aromatic N) is 1. The largest absolute Gasteiger partial charge is 0.444 e. The fourth-order valence-electron chi connectivity index (χ4n) is 1.36. The normalized spacial score (nSPS) is 11.4. The first-order valence-corrected chi connectivity index (χ1v) is 4.59. The van der Waals surface area contributed by atoms with Crippen LogP contribution in [-0.4, -0.2) is 4.98 Å². The first kappa shape index (κ1) is 8.57. The first-order valence-electron chi connectivity index (χ1n) is 4.21. The van der Waals surface area contributed by atoms with Crippen LogP contribution in [0, 0.1) is 0 Å². The molecule has 2 aromatic rings. The van der Waals surface area contributed by atoms with Crippen molar-refractivity contribution >= 4 is 22.6 Å². The van der Waals surface area contributed by atoms with Gasteiger partial charge in [0, 0.05) is 29.4 Å². The Kier molecular flexibility index (Phi) is 2.00. The molecule has 2 rings (SSSR count). The minimum Gasteiger partial charge on any atom is -0.444 e. The molecule has 0 aliphatic rings. The molecule has 13 heavy (non-hydrogen) atoms. The van der Waals surface area contributed by atoms with Crippen LogP contribution in [0.3, 0.4) is 0 Å². The average Bonchev–Trinajstić information content (AvgIpc) is 2.43. The molecule has 0 unspecified atom stereocenters. The average molecular weight is 196 g/mol. The summed E-state index contributed by atoms with van der Waals surface area (Å²) in [5.74, 6) is 0.401. The molecule has 0 radical (unpaired) electrons. The summed E-state index contributed by atoms with van der Waals surface area (Å²) in [5.41, 5.74) is 1.96. The van der Waals surface area contributed by atoms with Gasteiger partial charge in [-0.05, 0) is 17.5 Å². The summed E-state index contributed by atoms with van der Waals surface area (Å²) in [4.78, 5) is 4.13. The lowest BCUT2D eigenvalue weighted by Gasteiger charge is -2.03. The van der Waals surface area contributed by atoms with Gasteiger partial charge in [-0.15, -0.1) is 0 Å². The van der Waals surface area contributed by atoms with Crippen LogP contribution in [0.25, 0.3) is 11.0 Å². The minimum absolute atomic E-state index is 0.401. The molecule has 0 aromatic carbocycles. The van der Waals surface area contributed by atoms with Crippen molar-refractivity contribution in [3.63, 3.8) is 0 Å². The summed E-state index contributed by atoms with van der Waals surface area (Å²) in [5, 5.41) is 1.39. The fourth-order valence-corrected chi connectivity index (χ4v) is 1.56. The molecule has 0 N–H and O–H groups in total. The van der Waals surface area contributed by atoms with Gasteiger partial charge in [0.15, 0.2) is 5.22 Å². The third-order valence-electron chi connectivity index (χ3n) is 2.04. The number of rotatable bonds is 1. The van der Waals surface area contributed by atoms with E-state index in [2.05, 4.69) is 18.8 Å². The third kappa shape index (κ3) is 1.42. The van der Waals surface area contributed by atoms with Gasteiger partial charge in [0.25, 0.3) is 0 Å². The maximum Gasteiger partial charge on any atom is 0.194 e. The second kappa shape index (κ2) is 3.04. The molecule has 68 valence electrons. The van der Waals surface area contributed by atoms with Crippen LogP contribution in [0.2, 0.25) is 5.22 Å². The molecular formula is C10H10ClNO. The molecule has 0 aliphatic heterocycles.